The molecule has 0 aliphatic heterocycles. The van der Waals surface area contributed by atoms with Gasteiger partial charge in [-0.05, 0) is 20.3 Å². The van der Waals surface area contributed by atoms with Crippen molar-refractivity contribution in [3.63, 3.8) is 0 Å². The van der Waals surface area contributed by atoms with Gasteiger partial charge in [0, 0.05) is 12.6 Å². The van der Waals surface area contributed by atoms with Gasteiger partial charge in [-0.25, -0.2) is 0 Å². The van der Waals surface area contributed by atoms with E-state index in [0.717, 1.165) is 6.42 Å². The van der Waals surface area contributed by atoms with Gasteiger partial charge in [-0.3, -0.25) is 4.79 Å². The number of carbonyl (C=O) groups is 1. The van der Waals surface area contributed by atoms with Crippen molar-refractivity contribution < 1.29 is 9.53 Å². The first kappa shape index (κ1) is 15.3. The highest BCUT2D eigenvalue weighted by molar-refractivity contribution is 7.80. The minimum Gasteiger partial charge on any atom is -0.393 e. The smallest absolute Gasteiger partial charge is 0.230 e. The molecule has 0 rings (SSSR count). The lowest BCUT2D eigenvalue weighted by Gasteiger charge is -2.18. The quantitative estimate of drug-likeness (QED) is 0.632. The van der Waals surface area contributed by atoms with E-state index in [2.05, 4.69) is 5.32 Å². The molecule has 4 nitrogen and oxygen atoms in total. The first-order valence-corrected chi connectivity index (χ1v) is 6.11. The van der Waals surface area contributed by atoms with E-state index in [1.165, 1.54) is 0 Å². The summed E-state index contributed by atoms with van der Waals surface area (Å²) in [6, 6.07) is -0.0128. The third kappa shape index (κ3) is 6.02. The van der Waals surface area contributed by atoms with Gasteiger partial charge in [-0.2, -0.15) is 0 Å². The highest BCUT2D eigenvalue weighted by Gasteiger charge is 2.21. The maximum Gasteiger partial charge on any atom is 0.230 e. The van der Waals surface area contributed by atoms with E-state index in [1.54, 1.807) is 0 Å². The van der Waals surface area contributed by atoms with Crippen LogP contribution >= 0.6 is 12.2 Å². The Bertz CT molecular complexity index is 234. The molecule has 16 heavy (non-hydrogen) atoms. The number of hydrogen-bond acceptors (Lipinski definition) is 3. The summed E-state index contributed by atoms with van der Waals surface area (Å²) in [5.74, 6) is -0.453. The summed E-state index contributed by atoms with van der Waals surface area (Å²) < 4.78 is 5.22. The van der Waals surface area contributed by atoms with Gasteiger partial charge in [-0.1, -0.05) is 25.6 Å². The fraction of sp³-hybridized carbons (Fsp3) is 0.818. The minimum atomic E-state index is -0.357. The zero-order valence-electron chi connectivity index (χ0n) is 10.3. The summed E-state index contributed by atoms with van der Waals surface area (Å²) in [4.78, 5) is 12.1. The molecule has 2 atom stereocenters. The van der Waals surface area contributed by atoms with Crippen LogP contribution in [-0.4, -0.2) is 30.2 Å². The molecule has 0 aromatic heterocycles. The van der Waals surface area contributed by atoms with Crippen molar-refractivity contribution in [2.45, 2.75) is 39.7 Å². The molecular weight excluding hydrogens is 224 g/mol. The van der Waals surface area contributed by atoms with E-state index in [0.29, 0.717) is 19.6 Å². The molecule has 2 unspecified atom stereocenters. The summed E-state index contributed by atoms with van der Waals surface area (Å²) in [5, 5.41) is 2.85. The molecule has 0 fully saturated rings. The Labute approximate surface area is 103 Å². The van der Waals surface area contributed by atoms with Gasteiger partial charge in [0.05, 0.1) is 17.5 Å². The van der Waals surface area contributed by atoms with Crippen LogP contribution in [0.2, 0.25) is 0 Å². The summed E-state index contributed by atoms with van der Waals surface area (Å²) in [6.07, 6.45) is 1.58. The molecular formula is C11H22N2O2S. The molecule has 0 aromatic carbocycles. The van der Waals surface area contributed by atoms with E-state index < -0.39 is 0 Å². The molecule has 0 spiro atoms. The Balaban J connectivity index is 4.13. The van der Waals surface area contributed by atoms with Crippen molar-refractivity contribution in [2.24, 2.45) is 11.7 Å². The van der Waals surface area contributed by atoms with E-state index >= 15 is 0 Å². The standard InChI is InChI=1S/C11H22N2O2S/c1-4-6-9(10(12)16)11(14)13-8(3)7-15-5-2/h8-9H,4-7H2,1-3H3,(H2,12,16)(H,13,14). The number of carbonyl (C=O) groups excluding carboxylic acids is 1. The van der Waals surface area contributed by atoms with Crippen LogP contribution in [0, 0.1) is 5.92 Å². The van der Waals surface area contributed by atoms with Crippen LogP contribution < -0.4 is 11.1 Å². The van der Waals surface area contributed by atoms with Crippen molar-refractivity contribution >= 4 is 23.1 Å². The average molecular weight is 246 g/mol. The average Bonchev–Trinajstić information content (AvgIpc) is 2.22. The summed E-state index contributed by atoms with van der Waals surface area (Å²) >= 11 is 4.88. The lowest BCUT2D eigenvalue weighted by molar-refractivity contribution is -0.124. The van der Waals surface area contributed by atoms with Crippen LogP contribution in [0.25, 0.3) is 0 Å². The summed E-state index contributed by atoms with van der Waals surface area (Å²) in [7, 11) is 0. The lowest BCUT2D eigenvalue weighted by atomic mass is 10.0. The van der Waals surface area contributed by atoms with Crippen molar-refractivity contribution in [2.75, 3.05) is 13.2 Å². The molecule has 0 saturated carbocycles. The second-order valence-electron chi connectivity index (χ2n) is 3.81. The van der Waals surface area contributed by atoms with Gasteiger partial charge in [0.2, 0.25) is 5.91 Å². The molecule has 0 saturated heterocycles. The number of rotatable bonds is 8. The number of thiocarbonyl (C=S) groups is 1. The van der Waals surface area contributed by atoms with E-state index in [1.807, 2.05) is 20.8 Å². The van der Waals surface area contributed by atoms with Crippen LogP contribution in [0.1, 0.15) is 33.6 Å². The third-order valence-electron chi connectivity index (χ3n) is 2.20. The Morgan fingerprint density at radius 1 is 1.50 bits per heavy atom. The molecule has 1 amide bonds. The maximum atomic E-state index is 11.8. The zero-order valence-corrected chi connectivity index (χ0v) is 11.1. The van der Waals surface area contributed by atoms with Gasteiger partial charge in [0.25, 0.3) is 0 Å². The fourth-order valence-corrected chi connectivity index (χ4v) is 1.60. The minimum absolute atomic E-state index is 0.0128. The second kappa shape index (κ2) is 8.47. The molecule has 3 N–H and O–H groups in total. The SMILES string of the molecule is CCCC(C(=O)NC(C)COCC)C(N)=S. The molecule has 0 aromatic rings. The number of nitrogens with one attached hydrogen (secondary N) is 1. The summed E-state index contributed by atoms with van der Waals surface area (Å²) in [6.45, 7) is 6.98. The Morgan fingerprint density at radius 3 is 2.56 bits per heavy atom. The van der Waals surface area contributed by atoms with Gasteiger partial charge in [0.1, 0.15) is 0 Å². The highest BCUT2D eigenvalue weighted by atomic mass is 32.1. The zero-order chi connectivity index (χ0) is 12.6. The number of ether oxygens (including phenoxy) is 1. The largest absolute Gasteiger partial charge is 0.393 e. The topological polar surface area (TPSA) is 64.3 Å². The Morgan fingerprint density at radius 2 is 2.12 bits per heavy atom. The normalized spacial score (nSPS) is 14.2. The molecule has 0 aliphatic carbocycles. The van der Waals surface area contributed by atoms with Crippen LogP contribution in [0.5, 0.6) is 0 Å². The maximum absolute atomic E-state index is 11.8. The number of nitrogens with two attached hydrogens (primary N) is 1. The van der Waals surface area contributed by atoms with Crippen LogP contribution in [0.4, 0.5) is 0 Å². The van der Waals surface area contributed by atoms with Gasteiger partial charge >= 0.3 is 0 Å². The molecule has 0 aliphatic rings. The molecule has 94 valence electrons. The van der Waals surface area contributed by atoms with Gasteiger partial charge in [-0.15, -0.1) is 0 Å². The first-order chi connectivity index (χ1) is 7.52. The van der Waals surface area contributed by atoms with Gasteiger partial charge in [0.15, 0.2) is 0 Å². The monoisotopic (exact) mass is 246 g/mol. The van der Waals surface area contributed by atoms with Crippen LogP contribution in [0.15, 0.2) is 0 Å². The van der Waals surface area contributed by atoms with Crippen molar-refractivity contribution in [1.82, 2.24) is 5.32 Å². The van der Waals surface area contributed by atoms with Crippen molar-refractivity contribution in [3.8, 4) is 0 Å². The molecule has 0 radical (unpaired) electrons. The van der Waals surface area contributed by atoms with Crippen LogP contribution in [0.3, 0.4) is 0 Å². The highest BCUT2D eigenvalue weighted by Crippen LogP contribution is 2.07. The third-order valence-corrected chi connectivity index (χ3v) is 2.48. The van der Waals surface area contributed by atoms with Crippen molar-refractivity contribution in [3.05, 3.63) is 0 Å². The number of hydrogen-bond donors (Lipinski definition) is 2. The first-order valence-electron chi connectivity index (χ1n) is 5.70. The van der Waals surface area contributed by atoms with E-state index in [9.17, 15) is 4.79 Å². The second-order valence-corrected chi connectivity index (χ2v) is 4.28. The van der Waals surface area contributed by atoms with E-state index in [-0.39, 0.29) is 22.9 Å². The predicted molar refractivity (Wildman–Crippen MR) is 69.3 cm³/mol. The van der Waals surface area contributed by atoms with Crippen LogP contribution in [-0.2, 0) is 9.53 Å². The van der Waals surface area contributed by atoms with Gasteiger partial charge < -0.3 is 15.8 Å². The lowest BCUT2D eigenvalue weighted by Crippen LogP contribution is -2.43. The Kier molecular flexibility index (Phi) is 8.11. The van der Waals surface area contributed by atoms with Crippen molar-refractivity contribution in [1.29, 1.82) is 0 Å². The van der Waals surface area contributed by atoms with E-state index in [4.69, 9.17) is 22.7 Å². The summed E-state index contributed by atoms with van der Waals surface area (Å²) in [5.41, 5.74) is 5.54. The Hall–Kier alpha value is -0.680. The fourth-order valence-electron chi connectivity index (χ4n) is 1.37. The molecule has 0 bridgehead atoms. The molecule has 5 heteroatoms. The predicted octanol–water partition coefficient (Wildman–Crippen LogP) is 1.23. The number of amides is 1. The molecule has 0 heterocycles.